The number of ether oxygens (including phenoxy) is 1. The van der Waals surface area contributed by atoms with Crippen LogP contribution in [-0.2, 0) is 17.5 Å². The lowest BCUT2D eigenvalue weighted by Crippen LogP contribution is -2.27. The van der Waals surface area contributed by atoms with Gasteiger partial charge in [-0.2, -0.15) is 13.2 Å². The number of nitrogens with zero attached hydrogens (tertiary/aromatic N) is 5. The molecule has 3 heterocycles. The first-order valence-electron chi connectivity index (χ1n) is 12.4. The Morgan fingerprint density at radius 1 is 1.05 bits per heavy atom. The lowest BCUT2D eigenvalue weighted by atomic mass is 10.1. The van der Waals surface area contributed by atoms with Crippen molar-refractivity contribution in [1.82, 2.24) is 24.4 Å². The normalized spacial score (nSPS) is 13.9. The average Bonchev–Trinajstić information content (AvgIpc) is 3.52. The molecule has 1 saturated heterocycles. The first-order valence-corrected chi connectivity index (χ1v) is 12.4. The molecule has 2 aromatic carbocycles. The van der Waals surface area contributed by atoms with Gasteiger partial charge in [-0.1, -0.05) is 12.1 Å². The summed E-state index contributed by atoms with van der Waals surface area (Å²) in [4.78, 5) is 27.8. The van der Waals surface area contributed by atoms with E-state index in [1.807, 2.05) is 29.2 Å². The number of methoxy groups -OCH3 is 1. The molecule has 2 aromatic heterocycles. The molecule has 1 amide bonds. The van der Waals surface area contributed by atoms with Crippen LogP contribution in [0.3, 0.4) is 0 Å². The minimum absolute atomic E-state index is 0.193. The molecule has 1 fully saturated rings. The quantitative estimate of drug-likeness (QED) is 0.311. The second-order valence-corrected chi connectivity index (χ2v) is 9.13. The van der Waals surface area contributed by atoms with Gasteiger partial charge in [-0.25, -0.2) is 15.0 Å². The van der Waals surface area contributed by atoms with E-state index in [2.05, 4.69) is 10.3 Å². The molecule has 0 saturated carbocycles. The summed E-state index contributed by atoms with van der Waals surface area (Å²) >= 11 is 0. The third-order valence-electron chi connectivity index (χ3n) is 6.51. The number of halogens is 3. The fraction of sp³-hybridized carbons (Fsp3) is 0.333. The zero-order valence-electron chi connectivity index (χ0n) is 20.8. The van der Waals surface area contributed by atoms with E-state index in [1.165, 1.54) is 12.1 Å². The van der Waals surface area contributed by atoms with E-state index < -0.39 is 11.7 Å². The molecular weight excluding hydrogens is 497 g/mol. The number of carbonyl (C=O) groups is 1. The number of fused-ring (bicyclic) bond motifs is 1. The summed E-state index contributed by atoms with van der Waals surface area (Å²) in [7, 11) is 1.59. The van der Waals surface area contributed by atoms with Crippen molar-refractivity contribution in [2.75, 3.05) is 32.1 Å². The van der Waals surface area contributed by atoms with Gasteiger partial charge in [-0.15, -0.1) is 0 Å². The van der Waals surface area contributed by atoms with Gasteiger partial charge < -0.3 is 19.5 Å². The Labute approximate surface area is 217 Å². The van der Waals surface area contributed by atoms with Crippen LogP contribution in [0.5, 0.6) is 5.75 Å². The smallest absolute Gasteiger partial charge is 0.416 e. The van der Waals surface area contributed by atoms with Crippen LogP contribution < -0.4 is 10.1 Å². The summed E-state index contributed by atoms with van der Waals surface area (Å²) in [5, 5.41) is 3.35. The summed E-state index contributed by atoms with van der Waals surface area (Å²) in [6, 6.07) is 12.4. The second-order valence-electron chi connectivity index (χ2n) is 9.13. The molecule has 11 heteroatoms. The summed E-state index contributed by atoms with van der Waals surface area (Å²) in [5.41, 5.74) is 1.89. The molecule has 0 radical (unpaired) electrons. The second kappa shape index (κ2) is 10.7. The number of amides is 1. The van der Waals surface area contributed by atoms with Gasteiger partial charge >= 0.3 is 6.18 Å². The van der Waals surface area contributed by atoms with Crippen LogP contribution in [0.1, 0.15) is 30.4 Å². The van der Waals surface area contributed by atoms with E-state index in [0.29, 0.717) is 60.2 Å². The highest BCUT2D eigenvalue weighted by atomic mass is 19.4. The minimum Gasteiger partial charge on any atom is -0.497 e. The largest absolute Gasteiger partial charge is 0.497 e. The Morgan fingerprint density at radius 3 is 2.47 bits per heavy atom. The van der Waals surface area contributed by atoms with E-state index in [1.54, 1.807) is 18.0 Å². The molecule has 0 unspecified atom stereocenters. The van der Waals surface area contributed by atoms with E-state index in [4.69, 9.17) is 14.7 Å². The SMILES string of the molecule is COc1ccc(-c2nc(NCCCN3CCCC3=O)c3ncn(Cc4ccc(C(F)(F)F)cc4)c3n2)cc1. The average molecular weight is 525 g/mol. The highest BCUT2D eigenvalue weighted by Crippen LogP contribution is 2.30. The van der Waals surface area contributed by atoms with Gasteiger partial charge in [-0.05, 0) is 54.8 Å². The number of aromatic nitrogens is 4. The number of carbonyl (C=O) groups excluding carboxylic acids is 1. The molecular formula is C27H27F3N6O2. The maximum absolute atomic E-state index is 13.0. The van der Waals surface area contributed by atoms with Crippen molar-refractivity contribution in [3.05, 3.63) is 66.0 Å². The fourth-order valence-corrected chi connectivity index (χ4v) is 4.47. The van der Waals surface area contributed by atoms with Crippen molar-refractivity contribution in [1.29, 1.82) is 0 Å². The summed E-state index contributed by atoms with van der Waals surface area (Å²) in [5.74, 6) is 1.93. The Morgan fingerprint density at radius 2 is 1.82 bits per heavy atom. The Bertz CT molecular complexity index is 1420. The van der Waals surface area contributed by atoms with E-state index in [9.17, 15) is 18.0 Å². The lowest BCUT2D eigenvalue weighted by molar-refractivity contribution is -0.137. The molecule has 1 N–H and O–H groups in total. The maximum Gasteiger partial charge on any atom is 0.416 e. The Balaban J connectivity index is 1.42. The van der Waals surface area contributed by atoms with Crippen LogP contribution in [0.25, 0.3) is 22.6 Å². The van der Waals surface area contributed by atoms with Gasteiger partial charge in [0.15, 0.2) is 17.3 Å². The number of benzene rings is 2. The van der Waals surface area contributed by atoms with Crippen LogP contribution in [0.4, 0.5) is 19.0 Å². The van der Waals surface area contributed by atoms with Crippen LogP contribution in [0, 0.1) is 0 Å². The van der Waals surface area contributed by atoms with Gasteiger partial charge in [0, 0.05) is 31.6 Å². The summed E-state index contributed by atoms with van der Waals surface area (Å²) in [6.45, 7) is 2.36. The van der Waals surface area contributed by atoms with Gasteiger partial charge in [0.2, 0.25) is 5.91 Å². The molecule has 1 aliphatic rings. The minimum atomic E-state index is -4.39. The molecule has 38 heavy (non-hydrogen) atoms. The van der Waals surface area contributed by atoms with Crippen LogP contribution >= 0.6 is 0 Å². The number of nitrogens with one attached hydrogen (secondary N) is 1. The number of hydrogen-bond donors (Lipinski definition) is 1. The van der Waals surface area contributed by atoms with Gasteiger partial charge in [0.05, 0.1) is 25.5 Å². The Kier molecular flexibility index (Phi) is 7.17. The van der Waals surface area contributed by atoms with E-state index >= 15 is 0 Å². The first kappa shape index (κ1) is 25.5. The number of anilines is 1. The molecule has 0 aliphatic carbocycles. The third-order valence-corrected chi connectivity index (χ3v) is 6.51. The molecule has 8 nitrogen and oxygen atoms in total. The van der Waals surface area contributed by atoms with Crippen molar-refractivity contribution in [2.24, 2.45) is 0 Å². The number of likely N-dealkylation sites (tertiary alicyclic amines) is 1. The van der Waals surface area contributed by atoms with Crippen molar-refractivity contribution >= 4 is 22.9 Å². The molecule has 0 spiro atoms. The highest BCUT2D eigenvalue weighted by Gasteiger charge is 2.30. The van der Waals surface area contributed by atoms with Crippen LogP contribution in [-0.4, -0.2) is 57.1 Å². The molecule has 0 atom stereocenters. The Hall–Kier alpha value is -4.15. The molecule has 0 bridgehead atoms. The predicted molar refractivity (Wildman–Crippen MR) is 137 cm³/mol. The zero-order valence-corrected chi connectivity index (χ0v) is 20.8. The van der Waals surface area contributed by atoms with Crippen molar-refractivity contribution in [3.8, 4) is 17.1 Å². The maximum atomic E-state index is 13.0. The van der Waals surface area contributed by atoms with Crippen molar-refractivity contribution in [3.63, 3.8) is 0 Å². The van der Waals surface area contributed by atoms with Crippen LogP contribution in [0.15, 0.2) is 54.9 Å². The molecule has 198 valence electrons. The molecule has 4 aromatic rings. The van der Waals surface area contributed by atoms with Gasteiger partial charge in [0.1, 0.15) is 11.3 Å². The predicted octanol–water partition coefficient (Wildman–Crippen LogP) is 4.99. The van der Waals surface area contributed by atoms with E-state index in [0.717, 1.165) is 37.1 Å². The zero-order chi connectivity index (χ0) is 26.7. The third kappa shape index (κ3) is 5.56. The molecule has 1 aliphatic heterocycles. The number of alkyl halides is 3. The number of hydrogen-bond acceptors (Lipinski definition) is 6. The highest BCUT2D eigenvalue weighted by molar-refractivity contribution is 5.85. The number of imidazole rings is 1. The van der Waals surface area contributed by atoms with Gasteiger partial charge in [0.25, 0.3) is 0 Å². The lowest BCUT2D eigenvalue weighted by Gasteiger charge is -2.15. The topological polar surface area (TPSA) is 85.2 Å². The van der Waals surface area contributed by atoms with Crippen molar-refractivity contribution < 1.29 is 22.7 Å². The molecule has 5 rings (SSSR count). The summed E-state index contributed by atoms with van der Waals surface area (Å²) in [6.07, 6.45) is -0.504. The number of rotatable bonds is 9. The van der Waals surface area contributed by atoms with Gasteiger partial charge in [-0.3, -0.25) is 4.79 Å². The van der Waals surface area contributed by atoms with Crippen LogP contribution in [0.2, 0.25) is 0 Å². The first-order chi connectivity index (χ1) is 18.3. The van der Waals surface area contributed by atoms with E-state index in [-0.39, 0.29) is 5.91 Å². The fourth-order valence-electron chi connectivity index (χ4n) is 4.47. The monoisotopic (exact) mass is 524 g/mol. The standard InChI is InChI=1S/C27H27F3N6O2/c1-38-21-11-7-19(8-12-21)24-33-25(31-13-3-15-35-14-2-4-22(35)37)23-26(34-24)36(17-32-23)16-18-5-9-20(10-6-18)27(28,29)30/h5-12,17H,2-4,13-16H2,1H3,(H,31,33,34). The van der Waals surface area contributed by atoms with Crippen molar-refractivity contribution in [2.45, 2.75) is 32.0 Å². The summed E-state index contributed by atoms with van der Waals surface area (Å²) < 4.78 is 46.0.